The minimum absolute atomic E-state index is 0.0778. The summed E-state index contributed by atoms with van der Waals surface area (Å²) in [5, 5.41) is 0. The molecule has 0 N–H and O–H groups in total. The SMILES string of the molecule is CCCOCC(=O)c1ccc(Br)cn1. The zero-order valence-electron chi connectivity index (χ0n) is 8.00. The van der Waals surface area contributed by atoms with Gasteiger partial charge in [0.2, 0.25) is 5.78 Å². The van der Waals surface area contributed by atoms with Crippen LogP contribution in [0.5, 0.6) is 0 Å². The third-order valence-corrected chi connectivity index (χ3v) is 2.06. The second-order valence-corrected chi connectivity index (χ2v) is 3.75. The third-order valence-electron chi connectivity index (χ3n) is 1.59. The summed E-state index contributed by atoms with van der Waals surface area (Å²) < 4.78 is 5.99. The summed E-state index contributed by atoms with van der Waals surface area (Å²) in [5.74, 6) is -0.0778. The molecule has 3 nitrogen and oxygen atoms in total. The number of nitrogens with zero attached hydrogens (tertiary/aromatic N) is 1. The highest BCUT2D eigenvalue weighted by atomic mass is 79.9. The Labute approximate surface area is 91.6 Å². The van der Waals surface area contributed by atoms with Crippen LogP contribution in [0.1, 0.15) is 23.8 Å². The summed E-state index contributed by atoms with van der Waals surface area (Å²) in [6, 6.07) is 3.47. The maximum absolute atomic E-state index is 11.4. The molecule has 0 atom stereocenters. The van der Waals surface area contributed by atoms with Crippen LogP contribution >= 0.6 is 15.9 Å². The van der Waals surface area contributed by atoms with Crippen LogP contribution in [0.2, 0.25) is 0 Å². The van der Waals surface area contributed by atoms with Gasteiger partial charge in [-0.25, -0.2) is 0 Å². The van der Waals surface area contributed by atoms with Crippen LogP contribution < -0.4 is 0 Å². The molecule has 0 aromatic carbocycles. The fourth-order valence-corrected chi connectivity index (χ4v) is 1.16. The molecule has 76 valence electrons. The highest BCUT2D eigenvalue weighted by Crippen LogP contribution is 2.07. The Hall–Kier alpha value is -0.740. The van der Waals surface area contributed by atoms with Crippen LogP contribution in [-0.2, 0) is 4.74 Å². The maximum atomic E-state index is 11.4. The third kappa shape index (κ3) is 3.55. The van der Waals surface area contributed by atoms with Gasteiger partial charge in [0.15, 0.2) is 0 Å². The molecular formula is C10H12BrNO2. The highest BCUT2D eigenvalue weighted by Gasteiger charge is 2.06. The highest BCUT2D eigenvalue weighted by molar-refractivity contribution is 9.10. The maximum Gasteiger partial charge on any atom is 0.206 e. The number of ketones is 1. The fraction of sp³-hybridized carbons (Fsp3) is 0.400. The molecular weight excluding hydrogens is 246 g/mol. The molecule has 0 bridgehead atoms. The Bertz CT molecular complexity index is 297. The number of rotatable bonds is 5. The van der Waals surface area contributed by atoms with Gasteiger partial charge in [-0.2, -0.15) is 0 Å². The fourth-order valence-electron chi connectivity index (χ4n) is 0.924. The molecule has 0 aliphatic rings. The number of Topliss-reactive ketones (excluding diaryl/α,β-unsaturated/α-hetero) is 1. The van der Waals surface area contributed by atoms with Gasteiger partial charge < -0.3 is 4.74 Å². The smallest absolute Gasteiger partial charge is 0.206 e. The van der Waals surface area contributed by atoms with Crippen molar-refractivity contribution in [2.24, 2.45) is 0 Å². The van der Waals surface area contributed by atoms with Gasteiger partial charge in [0.1, 0.15) is 12.3 Å². The van der Waals surface area contributed by atoms with Crippen molar-refractivity contribution >= 4 is 21.7 Å². The molecule has 1 rings (SSSR count). The molecule has 1 aromatic heterocycles. The number of hydrogen-bond acceptors (Lipinski definition) is 3. The average Bonchev–Trinajstić information content (AvgIpc) is 2.19. The molecule has 14 heavy (non-hydrogen) atoms. The van der Waals surface area contributed by atoms with Gasteiger partial charge in [-0.3, -0.25) is 9.78 Å². The minimum atomic E-state index is -0.0778. The van der Waals surface area contributed by atoms with Crippen molar-refractivity contribution < 1.29 is 9.53 Å². The van der Waals surface area contributed by atoms with Crippen molar-refractivity contribution in [2.45, 2.75) is 13.3 Å². The zero-order valence-corrected chi connectivity index (χ0v) is 9.58. The second-order valence-electron chi connectivity index (χ2n) is 2.84. The van der Waals surface area contributed by atoms with Crippen molar-refractivity contribution in [1.29, 1.82) is 0 Å². The van der Waals surface area contributed by atoms with Crippen molar-refractivity contribution in [3.05, 3.63) is 28.5 Å². The van der Waals surface area contributed by atoms with Crippen molar-refractivity contribution in [1.82, 2.24) is 4.98 Å². The number of carbonyl (C=O) groups is 1. The minimum Gasteiger partial charge on any atom is -0.373 e. The van der Waals surface area contributed by atoms with E-state index < -0.39 is 0 Å². The predicted octanol–water partition coefficient (Wildman–Crippen LogP) is 2.45. The Balaban J connectivity index is 2.48. The molecule has 0 saturated heterocycles. The second kappa shape index (κ2) is 5.88. The summed E-state index contributed by atoms with van der Waals surface area (Å²) in [6.45, 7) is 2.73. The molecule has 0 fully saturated rings. The summed E-state index contributed by atoms with van der Waals surface area (Å²) in [5.41, 5.74) is 0.448. The standard InChI is InChI=1S/C10H12BrNO2/c1-2-5-14-7-10(13)9-4-3-8(11)6-12-9/h3-4,6H,2,5,7H2,1H3. The largest absolute Gasteiger partial charge is 0.373 e. The van der Waals surface area contributed by atoms with E-state index in [4.69, 9.17) is 4.74 Å². The van der Waals surface area contributed by atoms with Crippen LogP contribution in [0, 0.1) is 0 Å². The summed E-state index contributed by atoms with van der Waals surface area (Å²) in [7, 11) is 0. The topological polar surface area (TPSA) is 39.2 Å². The monoisotopic (exact) mass is 257 g/mol. The van der Waals surface area contributed by atoms with Gasteiger partial charge in [-0.15, -0.1) is 0 Å². The summed E-state index contributed by atoms with van der Waals surface area (Å²) in [6.07, 6.45) is 2.52. The first-order chi connectivity index (χ1) is 6.74. The number of carbonyl (C=O) groups excluding carboxylic acids is 1. The molecule has 0 aliphatic carbocycles. The van der Waals surface area contributed by atoms with E-state index in [9.17, 15) is 4.79 Å². The molecule has 0 unspecified atom stereocenters. The van der Waals surface area contributed by atoms with E-state index >= 15 is 0 Å². The Kier molecular flexibility index (Phi) is 4.76. The zero-order chi connectivity index (χ0) is 10.4. The van der Waals surface area contributed by atoms with E-state index in [1.54, 1.807) is 18.3 Å². The quantitative estimate of drug-likeness (QED) is 0.601. The van der Waals surface area contributed by atoms with Gasteiger partial charge in [0, 0.05) is 17.3 Å². The number of halogens is 1. The molecule has 4 heteroatoms. The lowest BCUT2D eigenvalue weighted by Crippen LogP contribution is -2.10. The average molecular weight is 258 g/mol. The van der Waals surface area contributed by atoms with Gasteiger partial charge >= 0.3 is 0 Å². The number of aromatic nitrogens is 1. The van der Waals surface area contributed by atoms with Crippen LogP contribution in [0.4, 0.5) is 0 Å². The first-order valence-electron chi connectivity index (χ1n) is 4.46. The predicted molar refractivity (Wildman–Crippen MR) is 57.4 cm³/mol. The molecule has 0 aliphatic heterocycles. The van der Waals surface area contributed by atoms with Gasteiger partial charge in [0.25, 0.3) is 0 Å². The number of pyridine rings is 1. The van der Waals surface area contributed by atoms with E-state index in [1.165, 1.54) is 0 Å². The van der Waals surface area contributed by atoms with Crippen LogP contribution in [0.3, 0.4) is 0 Å². The Morgan fingerprint density at radius 3 is 2.93 bits per heavy atom. The van der Waals surface area contributed by atoms with E-state index in [-0.39, 0.29) is 12.4 Å². The van der Waals surface area contributed by atoms with Crippen molar-refractivity contribution in [3.63, 3.8) is 0 Å². The molecule has 0 radical (unpaired) electrons. The lowest BCUT2D eigenvalue weighted by atomic mass is 10.2. The van der Waals surface area contributed by atoms with Gasteiger partial charge in [-0.1, -0.05) is 6.92 Å². The van der Waals surface area contributed by atoms with Crippen molar-refractivity contribution in [3.8, 4) is 0 Å². The van der Waals surface area contributed by atoms with Crippen molar-refractivity contribution in [2.75, 3.05) is 13.2 Å². The molecule has 0 saturated carbocycles. The Morgan fingerprint density at radius 2 is 2.36 bits per heavy atom. The first-order valence-corrected chi connectivity index (χ1v) is 5.26. The van der Waals surface area contributed by atoms with Crippen LogP contribution in [0.25, 0.3) is 0 Å². The first kappa shape index (κ1) is 11.3. The van der Waals surface area contributed by atoms with E-state index in [0.717, 1.165) is 10.9 Å². The molecule has 0 spiro atoms. The van der Waals surface area contributed by atoms with Gasteiger partial charge in [-0.05, 0) is 34.5 Å². The van der Waals surface area contributed by atoms with Crippen LogP contribution in [-0.4, -0.2) is 24.0 Å². The van der Waals surface area contributed by atoms with E-state index in [1.807, 2.05) is 6.92 Å². The summed E-state index contributed by atoms with van der Waals surface area (Å²) in [4.78, 5) is 15.4. The lowest BCUT2D eigenvalue weighted by molar-refractivity contribution is 0.0756. The van der Waals surface area contributed by atoms with Gasteiger partial charge in [0.05, 0.1) is 0 Å². The molecule has 1 aromatic rings. The normalized spacial score (nSPS) is 10.1. The summed E-state index contributed by atoms with van der Waals surface area (Å²) >= 11 is 3.25. The number of ether oxygens (including phenoxy) is 1. The van der Waals surface area contributed by atoms with E-state index in [0.29, 0.717) is 12.3 Å². The lowest BCUT2D eigenvalue weighted by Gasteiger charge is -2.01. The molecule has 1 heterocycles. The van der Waals surface area contributed by atoms with Crippen LogP contribution in [0.15, 0.2) is 22.8 Å². The van der Waals surface area contributed by atoms with E-state index in [2.05, 4.69) is 20.9 Å². The Morgan fingerprint density at radius 1 is 1.57 bits per heavy atom. The molecule has 0 amide bonds. The number of hydrogen-bond donors (Lipinski definition) is 0.